The summed E-state index contributed by atoms with van der Waals surface area (Å²) in [4.78, 5) is 0. The molecule has 0 bridgehead atoms. The number of alkyl halides is 2. The average molecular weight is 241 g/mol. The molecule has 0 atom stereocenters. The minimum absolute atomic E-state index is 0.0762. The topological polar surface area (TPSA) is 21.3 Å². The summed E-state index contributed by atoms with van der Waals surface area (Å²) in [7, 11) is 3.39. The van der Waals surface area contributed by atoms with E-state index in [4.69, 9.17) is 4.74 Å². The maximum Gasteiger partial charge on any atom is 0.250 e. The van der Waals surface area contributed by atoms with Crippen LogP contribution in [0.1, 0.15) is 18.4 Å². The molecule has 0 radical (unpaired) electrons. The second-order valence-corrected chi connectivity index (χ2v) is 4.75. The van der Waals surface area contributed by atoms with Crippen LogP contribution in [-0.2, 0) is 5.41 Å². The molecule has 1 aliphatic carbocycles. The number of rotatable bonds is 4. The predicted octanol–water partition coefficient (Wildman–Crippen LogP) is 2.58. The van der Waals surface area contributed by atoms with Gasteiger partial charge in [-0.25, -0.2) is 8.78 Å². The summed E-state index contributed by atoms with van der Waals surface area (Å²) in [5.41, 5.74) is 0.531. The fourth-order valence-corrected chi connectivity index (χ4v) is 2.65. The van der Waals surface area contributed by atoms with Gasteiger partial charge in [-0.2, -0.15) is 0 Å². The molecule has 1 aliphatic rings. The van der Waals surface area contributed by atoms with Crippen LogP contribution in [0, 0.1) is 0 Å². The molecule has 1 saturated carbocycles. The lowest BCUT2D eigenvalue weighted by atomic mass is 9.62. The summed E-state index contributed by atoms with van der Waals surface area (Å²) in [6, 6.07) is 7.41. The molecule has 0 heterocycles. The number of hydrogen-bond donors (Lipinski definition) is 1. The van der Waals surface area contributed by atoms with Crippen LogP contribution in [-0.4, -0.2) is 26.6 Å². The number of methoxy groups -OCH3 is 1. The molecular formula is C13H17F2NO. The first-order valence-electron chi connectivity index (χ1n) is 5.68. The lowest BCUT2D eigenvalue weighted by molar-refractivity contribution is -0.125. The van der Waals surface area contributed by atoms with Crippen molar-refractivity contribution in [1.82, 2.24) is 5.32 Å². The van der Waals surface area contributed by atoms with Crippen LogP contribution >= 0.6 is 0 Å². The summed E-state index contributed by atoms with van der Waals surface area (Å²) < 4.78 is 31.3. The Morgan fingerprint density at radius 2 is 1.82 bits per heavy atom. The lowest BCUT2D eigenvalue weighted by Gasteiger charge is -2.48. The van der Waals surface area contributed by atoms with Gasteiger partial charge in [0.25, 0.3) is 0 Å². The van der Waals surface area contributed by atoms with E-state index in [1.54, 1.807) is 14.2 Å². The Balaban J connectivity index is 2.22. The molecule has 0 saturated heterocycles. The zero-order valence-electron chi connectivity index (χ0n) is 10.1. The van der Waals surface area contributed by atoms with E-state index in [1.165, 1.54) is 0 Å². The Hall–Kier alpha value is -1.16. The SMILES string of the molecule is CNCC1(c2ccc(OC)cc2)CC(F)(F)C1. The smallest absolute Gasteiger partial charge is 0.250 e. The number of benzene rings is 1. The van der Waals surface area contributed by atoms with Gasteiger partial charge in [0.2, 0.25) is 5.92 Å². The number of nitrogens with one attached hydrogen (secondary N) is 1. The van der Waals surface area contributed by atoms with Crippen LogP contribution in [0.2, 0.25) is 0 Å². The second-order valence-electron chi connectivity index (χ2n) is 4.75. The van der Waals surface area contributed by atoms with E-state index in [2.05, 4.69) is 5.32 Å². The molecule has 0 amide bonds. The maximum atomic E-state index is 13.1. The van der Waals surface area contributed by atoms with Gasteiger partial charge in [-0.3, -0.25) is 0 Å². The van der Waals surface area contributed by atoms with Crippen LogP contribution in [0.15, 0.2) is 24.3 Å². The predicted molar refractivity (Wildman–Crippen MR) is 62.8 cm³/mol. The standard InChI is InChI=1S/C13H17F2NO/c1-16-9-12(7-13(14,15)8-12)10-3-5-11(17-2)6-4-10/h3-6,16H,7-9H2,1-2H3. The van der Waals surface area contributed by atoms with Gasteiger partial charge in [-0.05, 0) is 24.7 Å². The molecular weight excluding hydrogens is 224 g/mol. The van der Waals surface area contributed by atoms with E-state index in [-0.39, 0.29) is 12.8 Å². The minimum Gasteiger partial charge on any atom is -0.497 e. The fraction of sp³-hybridized carbons (Fsp3) is 0.538. The van der Waals surface area contributed by atoms with Crippen molar-refractivity contribution in [3.63, 3.8) is 0 Å². The van der Waals surface area contributed by atoms with E-state index in [9.17, 15) is 8.78 Å². The summed E-state index contributed by atoms with van der Waals surface area (Å²) in [5.74, 6) is -1.77. The van der Waals surface area contributed by atoms with Crippen molar-refractivity contribution < 1.29 is 13.5 Å². The van der Waals surface area contributed by atoms with Gasteiger partial charge in [-0.1, -0.05) is 12.1 Å². The molecule has 1 N–H and O–H groups in total. The zero-order chi connectivity index (χ0) is 12.5. The van der Waals surface area contributed by atoms with Gasteiger partial charge in [0, 0.05) is 24.8 Å². The third kappa shape index (κ3) is 2.27. The minimum atomic E-state index is -2.52. The average Bonchev–Trinajstić information content (AvgIpc) is 2.27. The maximum absolute atomic E-state index is 13.1. The van der Waals surface area contributed by atoms with E-state index in [0.717, 1.165) is 11.3 Å². The third-order valence-corrected chi connectivity index (χ3v) is 3.41. The van der Waals surface area contributed by atoms with Crippen molar-refractivity contribution >= 4 is 0 Å². The quantitative estimate of drug-likeness (QED) is 0.874. The number of hydrogen-bond acceptors (Lipinski definition) is 2. The molecule has 0 spiro atoms. The van der Waals surface area contributed by atoms with Crippen molar-refractivity contribution in [1.29, 1.82) is 0 Å². The lowest BCUT2D eigenvalue weighted by Crippen LogP contribution is -2.54. The first-order chi connectivity index (χ1) is 8.01. The highest BCUT2D eigenvalue weighted by Gasteiger charge is 2.56. The Bertz CT molecular complexity index is 381. The molecule has 1 fully saturated rings. The van der Waals surface area contributed by atoms with E-state index >= 15 is 0 Å². The van der Waals surface area contributed by atoms with E-state index in [0.29, 0.717) is 6.54 Å². The highest BCUT2D eigenvalue weighted by atomic mass is 19.3. The molecule has 4 heteroatoms. The van der Waals surface area contributed by atoms with Gasteiger partial charge in [0.1, 0.15) is 5.75 Å². The molecule has 94 valence electrons. The Morgan fingerprint density at radius 1 is 1.24 bits per heavy atom. The van der Waals surface area contributed by atoms with Crippen molar-refractivity contribution in [3.8, 4) is 5.75 Å². The van der Waals surface area contributed by atoms with Crippen molar-refractivity contribution in [2.24, 2.45) is 0 Å². The Kier molecular flexibility index (Phi) is 3.08. The van der Waals surface area contributed by atoms with Gasteiger partial charge < -0.3 is 10.1 Å². The van der Waals surface area contributed by atoms with Crippen molar-refractivity contribution in [2.45, 2.75) is 24.2 Å². The van der Waals surface area contributed by atoms with Crippen LogP contribution in [0.25, 0.3) is 0 Å². The van der Waals surface area contributed by atoms with Crippen LogP contribution in [0.3, 0.4) is 0 Å². The summed E-state index contributed by atoms with van der Waals surface area (Å²) in [5, 5.41) is 3.01. The largest absolute Gasteiger partial charge is 0.497 e. The second kappa shape index (κ2) is 4.26. The van der Waals surface area contributed by atoms with Gasteiger partial charge in [0.15, 0.2) is 0 Å². The van der Waals surface area contributed by atoms with E-state index in [1.807, 2.05) is 24.3 Å². The molecule has 17 heavy (non-hydrogen) atoms. The summed E-state index contributed by atoms with van der Waals surface area (Å²) >= 11 is 0. The molecule has 0 aliphatic heterocycles. The summed E-state index contributed by atoms with van der Waals surface area (Å²) in [6.45, 7) is 0.578. The normalized spacial score (nSPS) is 20.7. The van der Waals surface area contributed by atoms with Gasteiger partial charge >= 0.3 is 0 Å². The van der Waals surface area contributed by atoms with Crippen LogP contribution < -0.4 is 10.1 Å². The molecule has 1 aromatic rings. The fourth-order valence-electron chi connectivity index (χ4n) is 2.65. The first-order valence-corrected chi connectivity index (χ1v) is 5.68. The number of halogens is 2. The van der Waals surface area contributed by atoms with Crippen LogP contribution in [0.5, 0.6) is 5.75 Å². The molecule has 2 nitrogen and oxygen atoms in total. The molecule has 0 aromatic heterocycles. The molecule has 1 aromatic carbocycles. The van der Waals surface area contributed by atoms with Crippen LogP contribution in [0.4, 0.5) is 8.78 Å². The monoisotopic (exact) mass is 241 g/mol. The van der Waals surface area contributed by atoms with Crippen molar-refractivity contribution in [3.05, 3.63) is 29.8 Å². The highest BCUT2D eigenvalue weighted by molar-refractivity contribution is 5.35. The van der Waals surface area contributed by atoms with Gasteiger partial charge in [0.05, 0.1) is 7.11 Å². The molecule has 2 rings (SSSR count). The summed E-state index contributed by atoms with van der Waals surface area (Å²) in [6.07, 6.45) is -0.152. The van der Waals surface area contributed by atoms with Gasteiger partial charge in [-0.15, -0.1) is 0 Å². The third-order valence-electron chi connectivity index (χ3n) is 3.41. The number of likely N-dealkylation sites (N-methyl/N-ethyl adjacent to an activating group) is 1. The van der Waals surface area contributed by atoms with Crippen molar-refractivity contribution in [2.75, 3.05) is 20.7 Å². The number of ether oxygens (including phenoxy) is 1. The molecule has 0 unspecified atom stereocenters. The Labute approximate surface area is 100.0 Å². The highest BCUT2D eigenvalue weighted by Crippen LogP contribution is 2.53. The zero-order valence-corrected chi connectivity index (χ0v) is 10.1. The van der Waals surface area contributed by atoms with E-state index < -0.39 is 11.3 Å². The first kappa shape index (κ1) is 12.3. The Morgan fingerprint density at radius 3 is 2.24 bits per heavy atom.